The highest BCUT2D eigenvalue weighted by atomic mass is 14.8. The van der Waals surface area contributed by atoms with Gasteiger partial charge in [-0.25, -0.2) is 4.99 Å². The molecule has 1 aliphatic rings. The number of allylic oxidation sites excluding steroid dienone is 1. The third-order valence-electron chi connectivity index (χ3n) is 1.63. The first-order valence-corrected chi connectivity index (χ1v) is 4.50. The lowest BCUT2D eigenvalue weighted by Gasteiger charge is -1.91. The molecule has 0 atom stereocenters. The molecule has 0 heterocycles. The van der Waals surface area contributed by atoms with E-state index in [4.69, 9.17) is 0 Å². The number of nitrogens with zero attached hydrogens (tertiary/aromatic N) is 2. The summed E-state index contributed by atoms with van der Waals surface area (Å²) in [5.41, 5.74) is 2.31. The molecule has 0 bridgehead atoms. The maximum Gasteiger partial charge on any atom is 0.109 e. The molecule has 0 spiro atoms. The maximum atomic E-state index is 4.15. The minimum atomic E-state index is 1.07. The van der Waals surface area contributed by atoms with Crippen molar-refractivity contribution in [1.29, 1.82) is 0 Å². The van der Waals surface area contributed by atoms with Crippen LogP contribution in [0.25, 0.3) is 0 Å². The van der Waals surface area contributed by atoms with Crippen molar-refractivity contribution in [2.24, 2.45) is 9.98 Å². The summed E-state index contributed by atoms with van der Waals surface area (Å²) in [6.07, 6.45) is 4.97. The zero-order chi connectivity index (χ0) is 9.40. The zero-order valence-corrected chi connectivity index (χ0v) is 8.30. The Morgan fingerprint density at radius 2 is 2.00 bits per heavy atom. The fourth-order valence-electron chi connectivity index (χ4n) is 1.07. The van der Waals surface area contributed by atoms with Crippen LogP contribution in [0.1, 0.15) is 33.1 Å². The first kappa shape index (κ1) is 11.1. The molecule has 68 valence electrons. The highest BCUT2D eigenvalue weighted by molar-refractivity contribution is 6.04. The molecule has 1 saturated carbocycles. The molecule has 0 radical (unpaired) electrons. The van der Waals surface area contributed by atoms with Crippen molar-refractivity contribution in [2.45, 2.75) is 33.1 Å². The topological polar surface area (TPSA) is 24.7 Å². The summed E-state index contributed by atoms with van der Waals surface area (Å²) in [6.45, 7) is 7.90. The monoisotopic (exact) mass is 166 g/mol. The fraction of sp³-hybridized carbons (Fsp3) is 0.600. The third-order valence-corrected chi connectivity index (χ3v) is 1.63. The van der Waals surface area contributed by atoms with E-state index in [-0.39, 0.29) is 0 Å². The molecule has 1 rings (SSSR count). The average Bonchev–Trinajstić information content (AvgIpc) is 2.51. The minimum absolute atomic E-state index is 1.07. The highest BCUT2D eigenvalue weighted by Crippen LogP contribution is 2.19. The minimum Gasteiger partial charge on any atom is -0.277 e. The second-order valence-electron chi connectivity index (χ2n) is 2.41. The van der Waals surface area contributed by atoms with Crippen molar-refractivity contribution in [3.63, 3.8) is 0 Å². The Kier molecular flexibility index (Phi) is 6.25. The number of hydrogen-bond acceptors (Lipinski definition) is 1. The Labute approximate surface area is 75.1 Å². The first-order valence-electron chi connectivity index (χ1n) is 4.50. The van der Waals surface area contributed by atoms with Crippen LogP contribution in [-0.2, 0) is 0 Å². The van der Waals surface area contributed by atoms with Gasteiger partial charge >= 0.3 is 0 Å². The van der Waals surface area contributed by atoms with Crippen LogP contribution in [-0.4, -0.2) is 19.1 Å². The van der Waals surface area contributed by atoms with Crippen LogP contribution in [0, 0.1) is 0 Å². The molecular weight excluding hydrogens is 148 g/mol. The van der Waals surface area contributed by atoms with Crippen LogP contribution in [0.15, 0.2) is 22.1 Å². The maximum absolute atomic E-state index is 4.15. The van der Waals surface area contributed by atoms with Gasteiger partial charge in [0.2, 0.25) is 0 Å². The van der Waals surface area contributed by atoms with Gasteiger partial charge in [0, 0.05) is 12.8 Å². The molecule has 1 fully saturated rings. The number of aliphatic imine (C=N–C) groups is 2. The van der Waals surface area contributed by atoms with Crippen LogP contribution in [0.3, 0.4) is 0 Å². The van der Waals surface area contributed by atoms with Gasteiger partial charge in [-0.05, 0) is 24.8 Å². The van der Waals surface area contributed by atoms with Gasteiger partial charge in [0.15, 0.2) is 0 Å². The lowest BCUT2D eigenvalue weighted by atomic mass is 10.2. The van der Waals surface area contributed by atoms with E-state index in [2.05, 4.69) is 16.6 Å². The fourth-order valence-corrected chi connectivity index (χ4v) is 1.07. The van der Waals surface area contributed by atoms with Gasteiger partial charge in [-0.3, -0.25) is 4.99 Å². The summed E-state index contributed by atoms with van der Waals surface area (Å²) < 4.78 is 0. The molecule has 0 amide bonds. The quantitative estimate of drug-likeness (QED) is 0.422. The van der Waals surface area contributed by atoms with Crippen molar-refractivity contribution in [3.8, 4) is 0 Å². The summed E-state index contributed by atoms with van der Waals surface area (Å²) in [5, 5.41) is 0. The Bertz CT molecular complexity index is 190. The smallest absolute Gasteiger partial charge is 0.109 e. The number of hydrogen-bond donors (Lipinski definition) is 0. The van der Waals surface area contributed by atoms with Crippen LogP contribution >= 0.6 is 0 Å². The van der Waals surface area contributed by atoms with E-state index in [1.807, 2.05) is 13.8 Å². The predicted octanol–water partition coefficient (Wildman–Crippen LogP) is 2.85. The van der Waals surface area contributed by atoms with Crippen molar-refractivity contribution < 1.29 is 0 Å². The summed E-state index contributed by atoms with van der Waals surface area (Å²) in [6, 6.07) is 0. The van der Waals surface area contributed by atoms with Crippen LogP contribution < -0.4 is 0 Å². The van der Waals surface area contributed by atoms with Gasteiger partial charge in [-0.15, -0.1) is 0 Å². The second-order valence-corrected chi connectivity index (χ2v) is 2.41. The summed E-state index contributed by atoms with van der Waals surface area (Å²) in [5.74, 6) is 0. The third kappa shape index (κ3) is 3.46. The standard InChI is InChI=1S/C8H12N2.C2H6/c1-7-4-3-5-8(7)10-6-9-2;1-2/h6H,1,3-5H2,2H3;1-2H3. The van der Waals surface area contributed by atoms with E-state index in [0.29, 0.717) is 0 Å². The van der Waals surface area contributed by atoms with Gasteiger partial charge in [0.25, 0.3) is 0 Å². The van der Waals surface area contributed by atoms with Crippen molar-refractivity contribution in [2.75, 3.05) is 7.05 Å². The lowest BCUT2D eigenvalue weighted by Crippen LogP contribution is -1.91. The molecule has 0 aliphatic heterocycles. The Morgan fingerprint density at radius 1 is 1.33 bits per heavy atom. The van der Waals surface area contributed by atoms with E-state index in [0.717, 1.165) is 18.6 Å². The highest BCUT2D eigenvalue weighted by Gasteiger charge is 2.11. The van der Waals surface area contributed by atoms with Crippen molar-refractivity contribution in [1.82, 2.24) is 0 Å². The van der Waals surface area contributed by atoms with Gasteiger partial charge in [-0.1, -0.05) is 20.4 Å². The largest absolute Gasteiger partial charge is 0.277 e. The Morgan fingerprint density at radius 3 is 2.42 bits per heavy atom. The molecule has 0 aromatic carbocycles. The Hall–Kier alpha value is -0.920. The zero-order valence-electron chi connectivity index (χ0n) is 8.30. The molecule has 0 unspecified atom stereocenters. The van der Waals surface area contributed by atoms with E-state index in [1.165, 1.54) is 12.0 Å². The molecule has 0 aromatic heterocycles. The molecule has 2 heteroatoms. The van der Waals surface area contributed by atoms with Gasteiger partial charge in [0.1, 0.15) is 6.34 Å². The first-order chi connectivity index (χ1) is 5.84. The summed E-state index contributed by atoms with van der Waals surface area (Å²) in [7, 11) is 1.72. The molecule has 12 heavy (non-hydrogen) atoms. The van der Waals surface area contributed by atoms with Crippen LogP contribution in [0.2, 0.25) is 0 Å². The average molecular weight is 166 g/mol. The summed E-state index contributed by atoms with van der Waals surface area (Å²) >= 11 is 0. The van der Waals surface area contributed by atoms with E-state index < -0.39 is 0 Å². The normalized spacial score (nSPS) is 19.9. The SMILES string of the molecule is C=C1CCCC1=NC=NC.CC. The Balaban J connectivity index is 0.000000561. The molecular formula is C10H18N2. The second kappa shape index (κ2) is 6.77. The molecule has 0 aromatic rings. The lowest BCUT2D eigenvalue weighted by molar-refractivity contribution is 0.948. The van der Waals surface area contributed by atoms with Gasteiger partial charge in [-0.2, -0.15) is 0 Å². The molecule has 2 nitrogen and oxygen atoms in total. The van der Waals surface area contributed by atoms with Crippen LogP contribution in [0.4, 0.5) is 0 Å². The molecule has 0 N–H and O–H groups in total. The van der Waals surface area contributed by atoms with Crippen LogP contribution in [0.5, 0.6) is 0 Å². The van der Waals surface area contributed by atoms with Crippen molar-refractivity contribution >= 4 is 12.1 Å². The predicted molar refractivity (Wildman–Crippen MR) is 56.2 cm³/mol. The van der Waals surface area contributed by atoms with Crippen molar-refractivity contribution in [3.05, 3.63) is 12.2 Å². The van der Waals surface area contributed by atoms with E-state index in [9.17, 15) is 0 Å². The molecule has 0 saturated heterocycles. The molecule has 1 aliphatic carbocycles. The van der Waals surface area contributed by atoms with E-state index in [1.54, 1.807) is 13.4 Å². The summed E-state index contributed by atoms with van der Waals surface area (Å²) in [4.78, 5) is 7.93. The van der Waals surface area contributed by atoms with E-state index >= 15 is 0 Å². The van der Waals surface area contributed by atoms with Gasteiger partial charge in [0.05, 0.1) is 0 Å². The van der Waals surface area contributed by atoms with Gasteiger partial charge < -0.3 is 0 Å². The number of rotatable bonds is 1.